The van der Waals surface area contributed by atoms with Gasteiger partial charge in [-0.3, -0.25) is 9.69 Å². The minimum absolute atomic E-state index is 0.0849. The van der Waals surface area contributed by atoms with Gasteiger partial charge < -0.3 is 15.1 Å². The van der Waals surface area contributed by atoms with E-state index in [1.54, 1.807) is 7.05 Å². The molecule has 1 fully saturated rings. The van der Waals surface area contributed by atoms with Gasteiger partial charge in [0.1, 0.15) is 5.76 Å². The number of halogens is 2. The first-order chi connectivity index (χ1) is 9.58. The van der Waals surface area contributed by atoms with Crippen molar-refractivity contribution >= 4 is 37.8 Å². The van der Waals surface area contributed by atoms with Crippen LogP contribution in [0.15, 0.2) is 19.6 Å². The Labute approximate surface area is 135 Å². The third-order valence-electron chi connectivity index (χ3n) is 3.49. The standard InChI is InChI=1S/C13H19Br2N3O2/c1-16-12(19)8-18-4-2-9(3-5-18)17-7-10-6-11(14)13(15)20-10/h6,9,17H,2-5,7-8H2,1H3,(H,16,19). The van der Waals surface area contributed by atoms with Crippen molar-refractivity contribution in [2.45, 2.75) is 25.4 Å². The highest BCUT2D eigenvalue weighted by Crippen LogP contribution is 2.26. The number of hydrogen-bond acceptors (Lipinski definition) is 4. The summed E-state index contributed by atoms with van der Waals surface area (Å²) in [7, 11) is 1.68. The average Bonchev–Trinajstić information content (AvgIpc) is 2.77. The fourth-order valence-electron chi connectivity index (χ4n) is 2.30. The zero-order valence-electron chi connectivity index (χ0n) is 11.4. The van der Waals surface area contributed by atoms with Crippen molar-refractivity contribution in [2.75, 3.05) is 26.7 Å². The molecular formula is C13H19Br2N3O2. The fourth-order valence-corrected chi connectivity index (χ4v) is 2.96. The maximum atomic E-state index is 11.3. The number of furan rings is 1. The van der Waals surface area contributed by atoms with E-state index >= 15 is 0 Å². The molecule has 20 heavy (non-hydrogen) atoms. The summed E-state index contributed by atoms with van der Waals surface area (Å²) in [6, 6.07) is 2.45. The van der Waals surface area contributed by atoms with E-state index in [1.807, 2.05) is 6.07 Å². The Morgan fingerprint density at radius 2 is 2.15 bits per heavy atom. The Hall–Kier alpha value is -0.370. The zero-order chi connectivity index (χ0) is 14.5. The van der Waals surface area contributed by atoms with Crippen molar-refractivity contribution in [3.8, 4) is 0 Å². The third-order valence-corrected chi connectivity index (χ3v) is 5.20. The van der Waals surface area contributed by atoms with Crippen LogP contribution in [-0.4, -0.2) is 43.5 Å². The van der Waals surface area contributed by atoms with Crippen molar-refractivity contribution in [3.63, 3.8) is 0 Å². The van der Waals surface area contributed by atoms with Crippen LogP contribution in [0.2, 0.25) is 0 Å². The molecule has 1 aromatic heterocycles. The number of carbonyl (C=O) groups excluding carboxylic acids is 1. The fraction of sp³-hybridized carbons (Fsp3) is 0.615. The molecule has 1 saturated heterocycles. The number of carbonyl (C=O) groups is 1. The average molecular weight is 409 g/mol. The molecule has 5 nitrogen and oxygen atoms in total. The Bertz CT molecular complexity index is 437. The summed E-state index contributed by atoms with van der Waals surface area (Å²) in [5.41, 5.74) is 0. The zero-order valence-corrected chi connectivity index (χ0v) is 14.6. The Morgan fingerprint density at radius 3 is 2.70 bits per heavy atom. The highest BCUT2D eigenvalue weighted by Gasteiger charge is 2.20. The predicted molar refractivity (Wildman–Crippen MR) is 84.5 cm³/mol. The Balaban J connectivity index is 1.70. The molecule has 0 aliphatic carbocycles. The second-order valence-corrected chi connectivity index (χ2v) is 6.51. The number of nitrogens with zero attached hydrogens (tertiary/aromatic N) is 1. The van der Waals surface area contributed by atoms with Crippen LogP contribution >= 0.6 is 31.9 Å². The minimum atomic E-state index is 0.0849. The highest BCUT2D eigenvalue weighted by molar-refractivity contribution is 9.13. The lowest BCUT2D eigenvalue weighted by molar-refractivity contribution is -0.122. The molecule has 0 aromatic carbocycles. The Morgan fingerprint density at radius 1 is 1.45 bits per heavy atom. The van der Waals surface area contributed by atoms with Gasteiger partial charge in [0.05, 0.1) is 17.6 Å². The van der Waals surface area contributed by atoms with E-state index in [4.69, 9.17) is 4.42 Å². The first-order valence-corrected chi connectivity index (χ1v) is 8.27. The Kier molecular flexibility index (Phi) is 6.07. The lowest BCUT2D eigenvalue weighted by Crippen LogP contribution is -2.45. The summed E-state index contributed by atoms with van der Waals surface area (Å²) < 4.78 is 7.21. The molecule has 1 amide bonds. The van der Waals surface area contributed by atoms with Crippen molar-refractivity contribution < 1.29 is 9.21 Å². The lowest BCUT2D eigenvalue weighted by Gasteiger charge is -2.31. The molecule has 0 atom stereocenters. The molecule has 0 radical (unpaired) electrons. The molecule has 1 aliphatic rings. The van der Waals surface area contributed by atoms with Gasteiger partial charge >= 0.3 is 0 Å². The van der Waals surface area contributed by atoms with E-state index in [0.717, 1.165) is 47.4 Å². The molecule has 7 heteroatoms. The predicted octanol–water partition coefficient (Wildman–Crippen LogP) is 2.10. The van der Waals surface area contributed by atoms with Crippen LogP contribution in [-0.2, 0) is 11.3 Å². The number of likely N-dealkylation sites (N-methyl/N-ethyl adjacent to an activating group) is 1. The number of piperidine rings is 1. The second kappa shape index (κ2) is 7.59. The minimum Gasteiger partial charge on any atom is -0.452 e. The topological polar surface area (TPSA) is 57.5 Å². The molecule has 0 bridgehead atoms. The van der Waals surface area contributed by atoms with E-state index in [0.29, 0.717) is 12.6 Å². The van der Waals surface area contributed by atoms with Crippen molar-refractivity contribution in [2.24, 2.45) is 0 Å². The normalized spacial score (nSPS) is 17.4. The van der Waals surface area contributed by atoms with Gasteiger partial charge in [0.25, 0.3) is 0 Å². The molecule has 1 aliphatic heterocycles. The van der Waals surface area contributed by atoms with Gasteiger partial charge in [-0.2, -0.15) is 0 Å². The van der Waals surface area contributed by atoms with Gasteiger partial charge in [0, 0.05) is 26.2 Å². The van der Waals surface area contributed by atoms with Crippen molar-refractivity contribution in [1.29, 1.82) is 0 Å². The molecule has 0 spiro atoms. The molecule has 2 rings (SSSR count). The van der Waals surface area contributed by atoms with Crippen LogP contribution in [0.1, 0.15) is 18.6 Å². The summed E-state index contributed by atoms with van der Waals surface area (Å²) in [4.78, 5) is 13.5. The molecule has 0 unspecified atom stereocenters. The van der Waals surface area contributed by atoms with Gasteiger partial charge in [-0.05, 0) is 50.8 Å². The number of hydrogen-bond donors (Lipinski definition) is 2. The van der Waals surface area contributed by atoms with E-state index in [-0.39, 0.29) is 5.91 Å². The van der Waals surface area contributed by atoms with Crippen molar-refractivity contribution in [1.82, 2.24) is 15.5 Å². The highest BCUT2D eigenvalue weighted by atomic mass is 79.9. The van der Waals surface area contributed by atoms with Crippen LogP contribution in [0.3, 0.4) is 0 Å². The number of nitrogens with one attached hydrogen (secondary N) is 2. The van der Waals surface area contributed by atoms with Crippen LogP contribution < -0.4 is 10.6 Å². The molecule has 1 aromatic rings. The second-order valence-electron chi connectivity index (χ2n) is 4.94. The summed E-state index contributed by atoms with van der Waals surface area (Å²) in [5.74, 6) is 0.998. The number of likely N-dealkylation sites (tertiary alicyclic amines) is 1. The SMILES string of the molecule is CNC(=O)CN1CCC(NCc2cc(Br)c(Br)o2)CC1. The van der Waals surface area contributed by atoms with Crippen LogP contribution in [0.4, 0.5) is 0 Å². The lowest BCUT2D eigenvalue weighted by atomic mass is 10.1. The maximum Gasteiger partial charge on any atom is 0.233 e. The van der Waals surface area contributed by atoms with E-state index < -0.39 is 0 Å². The molecule has 2 N–H and O–H groups in total. The van der Waals surface area contributed by atoms with Gasteiger partial charge in [0.2, 0.25) is 5.91 Å². The molecular weight excluding hydrogens is 390 g/mol. The summed E-state index contributed by atoms with van der Waals surface area (Å²) in [5, 5.41) is 6.16. The summed E-state index contributed by atoms with van der Waals surface area (Å²) >= 11 is 6.74. The largest absolute Gasteiger partial charge is 0.452 e. The quantitative estimate of drug-likeness (QED) is 0.783. The first kappa shape index (κ1) is 16.0. The summed E-state index contributed by atoms with van der Waals surface area (Å²) in [6.07, 6.45) is 2.11. The van der Waals surface area contributed by atoms with Gasteiger partial charge in [-0.1, -0.05) is 0 Å². The number of amides is 1. The monoisotopic (exact) mass is 407 g/mol. The van der Waals surface area contributed by atoms with Crippen molar-refractivity contribution in [3.05, 3.63) is 21.0 Å². The van der Waals surface area contributed by atoms with Gasteiger partial charge in [0.15, 0.2) is 4.67 Å². The number of rotatable bonds is 5. The van der Waals surface area contributed by atoms with Crippen LogP contribution in [0.5, 0.6) is 0 Å². The first-order valence-electron chi connectivity index (χ1n) is 6.68. The van der Waals surface area contributed by atoms with Gasteiger partial charge in [-0.25, -0.2) is 0 Å². The van der Waals surface area contributed by atoms with E-state index in [2.05, 4.69) is 47.4 Å². The van der Waals surface area contributed by atoms with Gasteiger partial charge in [-0.15, -0.1) is 0 Å². The molecule has 112 valence electrons. The third kappa shape index (κ3) is 4.58. The molecule has 0 saturated carbocycles. The van der Waals surface area contributed by atoms with Crippen LogP contribution in [0, 0.1) is 0 Å². The van der Waals surface area contributed by atoms with E-state index in [1.165, 1.54) is 0 Å². The molecule has 2 heterocycles. The summed E-state index contributed by atoms with van der Waals surface area (Å²) in [6.45, 7) is 3.14. The van der Waals surface area contributed by atoms with E-state index in [9.17, 15) is 4.79 Å². The van der Waals surface area contributed by atoms with Crippen LogP contribution in [0.25, 0.3) is 0 Å². The maximum absolute atomic E-state index is 11.3. The smallest absolute Gasteiger partial charge is 0.233 e.